The van der Waals surface area contributed by atoms with E-state index >= 15 is 0 Å². The lowest BCUT2D eigenvalue weighted by molar-refractivity contribution is 0.487. The number of rotatable bonds is 2. The van der Waals surface area contributed by atoms with Crippen molar-refractivity contribution in [2.75, 3.05) is 0 Å². The van der Waals surface area contributed by atoms with Gasteiger partial charge in [0.05, 0.1) is 12.3 Å². The van der Waals surface area contributed by atoms with Crippen LogP contribution in [0.1, 0.15) is 28.5 Å². The van der Waals surface area contributed by atoms with Crippen LogP contribution in [0.4, 0.5) is 8.78 Å². The van der Waals surface area contributed by atoms with E-state index in [-0.39, 0.29) is 11.1 Å². The number of aryl methyl sites for hydroxylation is 2. The second-order valence-electron chi connectivity index (χ2n) is 4.01. The maximum absolute atomic E-state index is 13.8. The van der Waals surface area contributed by atoms with Crippen molar-refractivity contribution in [1.29, 1.82) is 0 Å². The second-order valence-corrected chi connectivity index (χ2v) is 4.01. The summed E-state index contributed by atoms with van der Waals surface area (Å²) < 4.78 is 32.3. The fourth-order valence-corrected chi connectivity index (χ4v) is 1.79. The molecule has 4 heteroatoms. The minimum atomic E-state index is -0.891. The lowest BCUT2D eigenvalue weighted by atomic mass is 9.98. The minimum absolute atomic E-state index is 0.137. The summed E-state index contributed by atoms with van der Waals surface area (Å²) in [5.41, 5.74) is 6.98. The first kappa shape index (κ1) is 11.8. The highest BCUT2D eigenvalue weighted by Crippen LogP contribution is 2.27. The van der Waals surface area contributed by atoms with Gasteiger partial charge in [0.2, 0.25) is 0 Å². The molecule has 0 aliphatic carbocycles. The van der Waals surface area contributed by atoms with Crippen molar-refractivity contribution in [2.24, 2.45) is 5.73 Å². The van der Waals surface area contributed by atoms with Crippen LogP contribution in [0.25, 0.3) is 0 Å². The van der Waals surface area contributed by atoms with Crippen LogP contribution in [0.15, 0.2) is 28.9 Å². The predicted molar refractivity (Wildman–Crippen MR) is 60.6 cm³/mol. The Morgan fingerprint density at radius 3 is 2.35 bits per heavy atom. The molecule has 0 saturated heterocycles. The summed E-state index contributed by atoms with van der Waals surface area (Å²) in [5.74, 6) is -1.13. The summed E-state index contributed by atoms with van der Waals surface area (Å²) in [4.78, 5) is 0. The Balaban J connectivity index is 2.48. The van der Waals surface area contributed by atoms with Gasteiger partial charge in [-0.05, 0) is 25.5 Å². The summed E-state index contributed by atoms with van der Waals surface area (Å²) in [6.45, 7) is 3.24. The highest BCUT2D eigenvalue weighted by atomic mass is 19.2. The largest absolute Gasteiger partial charge is 0.469 e. The van der Waals surface area contributed by atoms with Gasteiger partial charge in [-0.2, -0.15) is 0 Å². The quantitative estimate of drug-likeness (QED) is 0.871. The minimum Gasteiger partial charge on any atom is -0.469 e. The highest BCUT2D eigenvalue weighted by molar-refractivity contribution is 5.35. The molecule has 2 aromatic rings. The predicted octanol–water partition coefficient (Wildman–Crippen LogP) is 3.22. The van der Waals surface area contributed by atoms with Gasteiger partial charge in [-0.25, -0.2) is 8.78 Å². The van der Waals surface area contributed by atoms with Crippen LogP contribution in [-0.2, 0) is 0 Å². The van der Waals surface area contributed by atoms with E-state index in [1.54, 1.807) is 13.0 Å². The molecule has 2 rings (SSSR count). The van der Waals surface area contributed by atoms with Crippen LogP contribution < -0.4 is 5.73 Å². The van der Waals surface area contributed by atoms with Gasteiger partial charge in [-0.15, -0.1) is 0 Å². The molecule has 0 amide bonds. The molecule has 2 nitrogen and oxygen atoms in total. The number of furan rings is 1. The third kappa shape index (κ3) is 1.96. The average Bonchev–Trinajstić information content (AvgIpc) is 2.72. The number of hydrogen-bond donors (Lipinski definition) is 1. The Morgan fingerprint density at radius 1 is 1.06 bits per heavy atom. The van der Waals surface area contributed by atoms with E-state index in [0.717, 1.165) is 0 Å². The number of hydrogen-bond acceptors (Lipinski definition) is 2. The molecule has 1 aromatic carbocycles. The molecular weight excluding hydrogens is 224 g/mol. The monoisotopic (exact) mass is 237 g/mol. The Kier molecular flexibility index (Phi) is 2.98. The van der Waals surface area contributed by atoms with Crippen LogP contribution in [0.3, 0.4) is 0 Å². The maximum atomic E-state index is 13.8. The summed E-state index contributed by atoms with van der Waals surface area (Å²) in [7, 11) is 0. The number of halogens is 2. The van der Waals surface area contributed by atoms with Crippen LogP contribution in [-0.4, -0.2) is 0 Å². The summed E-state index contributed by atoms with van der Waals surface area (Å²) in [6.07, 6.45) is 1.48. The third-order valence-corrected chi connectivity index (χ3v) is 2.87. The van der Waals surface area contributed by atoms with Crippen LogP contribution in [0.5, 0.6) is 0 Å². The van der Waals surface area contributed by atoms with Crippen molar-refractivity contribution >= 4 is 0 Å². The van der Waals surface area contributed by atoms with E-state index in [1.165, 1.54) is 25.3 Å². The van der Waals surface area contributed by atoms with E-state index in [2.05, 4.69) is 0 Å². The first-order valence-electron chi connectivity index (χ1n) is 5.26. The Bertz CT molecular complexity index is 548. The molecule has 90 valence electrons. The fourth-order valence-electron chi connectivity index (χ4n) is 1.79. The zero-order valence-corrected chi connectivity index (χ0v) is 9.63. The number of nitrogens with two attached hydrogens (primary N) is 1. The Labute approximate surface area is 98.0 Å². The molecule has 2 N–H and O–H groups in total. The van der Waals surface area contributed by atoms with Gasteiger partial charge in [0, 0.05) is 11.1 Å². The molecule has 17 heavy (non-hydrogen) atoms. The van der Waals surface area contributed by atoms with Gasteiger partial charge in [0.25, 0.3) is 0 Å². The first-order valence-corrected chi connectivity index (χ1v) is 5.26. The van der Waals surface area contributed by atoms with Crippen LogP contribution in [0, 0.1) is 25.5 Å². The van der Waals surface area contributed by atoms with Crippen LogP contribution in [0.2, 0.25) is 0 Å². The van der Waals surface area contributed by atoms with Gasteiger partial charge >= 0.3 is 0 Å². The molecule has 1 heterocycles. The van der Waals surface area contributed by atoms with Crippen molar-refractivity contribution < 1.29 is 13.2 Å². The molecule has 0 bridgehead atoms. The third-order valence-electron chi connectivity index (χ3n) is 2.87. The lowest BCUT2D eigenvalue weighted by Gasteiger charge is -2.13. The van der Waals surface area contributed by atoms with E-state index in [1.807, 2.05) is 0 Å². The van der Waals surface area contributed by atoms with Gasteiger partial charge in [0.1, 0.15) is 5.76 Å². The maximum Gasteiger partial charge on any atom is 0.164 e. The second kappa shape index (κ2) is 4.30. The molecule has 0 aliphatic rings. The van der Waals surface area contributed by atoms with Gasteiger partial charge in [-0.1, -0.05) is 12.1 Å². The molecule has 1 unspecified atom stereocenters. The molecule has 0 fully saturated rings. The molecule has 0 saturated carbocycles. The first-order chi connectivity index (χ1) is 8.02. The highest BCUT2D eigenvalue weighted by Gasteiger charge is 2.20. The van der Waals surface area contributed by atoms with Crippen molar-refractivity contribution in [1.82, 2.24) is 0 Å². The van der Waals surface area contributed by atoms with Gasteiger partial charge in [-0.3, -0.25) is 0 Å². The van der Waals surface area contributed by atoms with Crippen molar-refractivity contribution in [3.8, 4) is 0 Å². The average molecular weight is 237 g/mol. The van der Waals surface area contributed by atoms with Crippen molar-refractivity contribution in [3.05, 3.63) is 58.5 Å². The SMILES string of the molecule is Cc1ccc(C(N)c2ccoc2C)c(F)c1F. The van der Waals surface area contributed by atoms with Gasteiger partial charge in [0.15, 0.2) is 11.6 Å². The standard InChI is InChI=1S/C13H13F2NO/c1-7-3-4-10(12(15)11(7)14)13(16)9-5-6-17-8(9)2/h3-6,13H,16H2,1-2H3. The molecule has 0 aliphatic heterocycles. The van der Waals surface area contributed by atoms with Crippen molar-refractivity contribution in [2.45, 2.75) is 19.9 Å². The molecule has 0 radical (unpaired) electrons. The zero-order chi connectivity index (χ0) is 12.6. The van der Waals surface area contributed by atoms with Gasteiger partial charge < -0.3 is 10.2 Å². The molecule has 0 spiro atoms. The number of benzene rings is 1. The van der Waals surface area contributed by atoms with E-state index < -0.39 is 17.7 Å². The summed E-state index contributed by atoms with van der Waals surface area (Å²) in [6, 6.07) is 3.97. The van der Waals surface area contributed by atoms with E-state index in [4.69, 9.17) is 10.2 Å². The molecule has 1 atom stereocenters. The molecular formula is C13H13F2NO. The van der Waals surface area contributed by atoms with E-state index in [9.17, 15) is 8.78 Å². The fraction of sp³-hybridized carbons (Fsp3) is 0.231. The normalized spacial score (nSPS) is 12.8. The lowest BCUT2D eigenvalue weighted by Crippen LogP contribution is -2.15. The van der Waals surface area contributed by atoms with Crippen LogP contribution >= 0.6 is 0 Å². The Morgan fingerprint density at radius 2 is 1.76 bits per heavy atom. The zero-order valence-electron chi connectivity index (χ0n) is 9.63. The summed E-state index contributed by atoms with van der Waals surface area (Å²) in [5, 5.41) is 0. The Hall–Kier alpha value is -1.68. The molecule has 1 aromatic heterocycles. The van der Waals surface area contributed by atoms with E-state index in [0.29, 0.717) is 11.3 Å². The smallest absolute Gasteiger partial charge is 0.164 e. The topological polar surface area (TPSA) is 39.2 Å². The van der Waals surface area contributed by atoms with Crippen molar-refractivity contribution in [3.63, 3.8) is 0 Å². The summed E-state index contributed by atoms with van der Waals surface area (Å²) >= 11 is 0.